The smallest absolute Gasteiger partial charge is 0.252 e. The van der Waals surface area contributed by atoms with Gasteiger partial charge in [0, 0.05) is 13.1 Å². The summed E-state index contributed by atoms with van der Waals surface area (Å²) < 4.78 is 36.3. The molecule has 0 radical (unpaired) electrons. The molecule has 0 aliphatic carbocycles. The molecule has 0 bridgehead atoms. The van der Waals surface area contributed by atoms with Gasteiger partial charge in [-0.3, -0.25) is 0 Å². The van der Waals surface area contributed by atoms with Crippen LogP contribution < -0.4 is 0 Å². The van der Waals surface area contributed by atoms with Gasteiger partial charge < -0.3 is 9.26 Å². The fraction of sp³-hybridized carbons (Fsp3) is 0.833. The third-order valence-electron chi connectivity index (χ3n) is 3.21. The second-order valence-electron chi connectivity index (χ2n) is 4.98. The highest BCUT2D eigenvalue weighted by Gasteiger charge is 2.28. The van der Waals surface area contributed by atoms with Crippen molar-refractivity contribution in [3.05, 3.63) is 11.7 Å². The molecule has 1 atom stereocenters. The zero-order valence-electron chi connectivity index (χ0n) is 11.9. The normalized spacial score (nSPS) is 21.2. The number of piperidine rings is 1. The lowest BCUT2D eigenvalue weighted by Gasteiger charge is -2.31. The van der Waals surface area contributed by atoms with E-state index in [4.69, 9.17) is 9.26 Å². The van der Waals surface area contributed by atoms with Crippen LogP contribution in [0, 0.1) is 6.92 Å². The topological polar surface area (TPSA) is 85.5 Å². The van der Waals surface area contributed by atoms with Crippen molar-refractivity contribution < 1.29 is 17.7 Å². The highest BCUT2D eigenvalue weighted by Crippen LogP contribution is 2.18. The average Bonchev–Trinajstić information content (AvgIpc) is 2.83. The maximum Gasteiger partial charge on any atom is 0.252 e. The molecule has 0 amide bonds. The summed E-state index contributed by atoms with van der Waals surface area (Å²) in [6, 6.07) is 0. The van der Waals surface area contributed by atoms with Crippen LogP contribution >= 0.6 is 0 Å². The van der Waals surface area contributed by atoms with Crippen LogP contribution in [0.25, 0.3) is 0 Å². The molecule has 1 unspecified atom stereocenters. The van der Waals surface area contributed by atoms with Crippen molar-refractivity contribution in [2.75, 3.05) is 18.8 Å². The van der Waals surface area contributed by atoms with Gasteiger partial charge in [0.2, 0.25) is 10.0 Å². The molecule has 0 N–H and O–H groups in total. The summed E-state index contributed by atoms with van der Waals surface area (Å²) in [6.07, 6.45) is 2.19. The van der Waals surface area contributed by atoms with Gasteiger partial charge in [0.1, 0.15) is 6.61 Å². The van der Waals surface area contributed by atoms with Crippen LogP contribution in [-0.2, 0) is 21.4 Å². The lowest BCUT2D eigenvalue weighted by molar-refractivity contribution is -0.00295. The van der Waals surface area contributed by atoms with Crippen molar-refractivity contribution in [3.63, 3.8) is 0 Å². The molecular weight excluding hydrogens is 282 g/mol. The van der Waals surface area contributed by atoms with Crippen LogP contribution in [0.4, 0.5) is 0 Å². The van der Waals surface area contributed by atoms with E-state index in [0.29, 0.717) is 31.2 Å². The molecule has 2 rings (SSSR count). The van der Waals surface area contributed by atoms with Gasteiger partial charge in [-0.15, -0.1) is 0 Å². The molecule has 8 heteroatoms. The molecule has 114 valence electrons. The van der Waals surface area contributed by atoms with Gasteiger partial charge in [0.25, 0.3) is 5.89 Å². The first kappa shape index (κ1) is 15.4. The second kappa shape index (κ2) is 6.64. The quantitative estimate of drug-likeness (QED) is 0.782. The van der Waals surface area contributed by atoms with Crippen LogP contribution in [-0.4, -0.2) is 47.8 Å². The van der Waals surface area contributed by atoms with E-state index in [2.05, 4.69) is 10.1 Å². The second-order valence-corrected chi connectivity index (χ2v) is 7.07. The number of sulfonamides is 1. The Hall–Kier alpha value is -0.990. The van der Waals surface area contributed by atoms with Crippen molar-refractivity contribution in [2.45, 2.75) is 45.8 Å². The molecule has 20 heavy (non-hydrogen) atoms. The van der Waals surface area contributed by atoms with Crippen molar-refractivity contribution in [2.24, 2.45) is 0 Å². The molecule has 1 fully saturated rings. The van der Waals surface area contributed by atoms with E-state index >= 15 is 0 Å². The first-order valence-electron chi connectivity index (χ1n) is 6.90. The maximum atomic E-state index is 12.0. The Morgan fingerprint density at radius 2 is 2.30 bits per heavy atom. The molecule has 1 aliphatic heterocycles. The van der Waals surface area contributed by atoms with Gasteiger partial charge in [0.15, 0.2) is 5.82 Å². The Morgan fingerprint density at radius 3 is 2.95 bits per heavy atom. The summed E-state index contributed by atoms with van der Waals surface area (Å²) in [4.78, 5) is 4.06. The number of hydrogen-bond acceptors (Lipinski definition) is 6. The van der Waals surface area contributed by atoms with E-state index in [9.17, 15) is 8.42 Å². The van der Waals surface area contributed by atoms with E-state index < -0.39 is 10.0 Å². The van der Waals surface area contributed by atoms with Crippen LogP contribution in [0.15, 0.2) is 4.52 Å². The first-order chi connectivity index (χ1) is 9.51. The number of aryl methyl sites for hydroxylation is 1. The molecular formula is C12H21N3O4S. The first-order valence-corrected chi connectivity index (χ1v) is 8.51. The molecule has 2 heterocycles. The van der Waals surface area contributed by atoms with E-state index in [0.717, 1.165) is 12.8 Å². The fourth-order valence-corrected chi connectivity index (χ4v) is 3.84. The summed E-state index contributed by atoms with van der Waals surface area (Å²) in [5, 5.41) is 3.69. The standard InChI is InChI=1S/C12H21N3O4S/c1-3-7-20(16,17)15-6-4-5-11(8-15)18-9-12-13-10(2)14-19-12/h11H,3-9H2,1-2H3. The number of hydrogen-bond donors (Lipinski definition) is 0. The van der Waals surface area contributed by atoms with E-state index in [1.54, 1.807) is 6.92 Å². The van der Waals surface area contributed by atoms with E-state index in [-0.39, 0.29) is 18.5 Å². The summed E-state index contributed by atoms with van der Waals surface area (Å²) in [6.45, 7) is 4.84. The van der Waals surface area contributed by atoms with Gasteiger partial charge >= 0.3 is 0 Å². The van der Waals surface area contributed by atoms with E-state index in [1.807, 2.05) is 6.92 Å². The van der Waals surface area contributed by atoms with Crippen molar-refractivity contribution >= 4 is 10.0 Å². The van der Waals surface area contributed by atoms with Crippen LogP contribution in [0.1, 0.15) is 37.9 Å². The number of ether oxygens (including phenoxy) is 1. The molecule has 1 saturated heterocycles. The summed E-state index contributed by atoms with van der Waals surface area (Å²) in [5.74, 6) is 1.19. The maximum absolute atomic E-state index is 12.0. The summed E-state index contributed by atoms with van der Waals surface area (Å²) in [5.41, 5.74) is 0. The molecule has 1 aliphatic rings. The SMILES string of the molecule is CCCS(=O)(=O)N1CCCC(OCc2nc(C)no2)C1. The average molecular weight is 303 g/mol. The largest absolute Gasteiger partial charge is 0.367 e. The van der Waals surface area contributed by atoms with Crippen molar-refractivity contribution in [1.29, 1.82) is 0 Å². The predicted molar refractivity (Wildman–Crippen MR) is 72.5 cm³/mol. The minimum atomic E-state index is -3.14. The predicted octanol–water partition coefficient (Wildman–Crippen LogP) is 1.10. The zero-order chi connectivity index (χ0) is 14.6. The molecule has 1 aromatic rings. The Labute approximate surface area is 119 Å². The van der Waals surface area contributed by atoms with Gasteiger partial charge in [-0.25, -0.2) is 8.42 Å². The van der Waals surface area contributed by atoms with Crippen LogP contribution in [0.5, 0.6) is 0 Å². The van der Waals surface area contributed by atoms with Gasteiger partial charge in [-0.1, -0.05) is 12.1 Å². The summed E-state index contributed by atoms with van der Waals surface area (Å²) in [7, 11) is -3.14. The lowest BCUT2D eigenvalue weighted by Crippen LogP contribution is -2.44. The summed E-state index contributed by atoms with van der Waals surface area (Å²) >= 11 is 0. The van der Waals surface area contributed by atoms with Gasteiger partial charge in [-0.05, 0) is 26.2 Å². The van der Waals surface area contributed by atoms with Crippen LogP contribution in [0.3, 0.4) is 0 Å². The molecule has 7 nitrogen and oxygen atoms in total. The van der Waals surface area contributed by atoms with E-state index in [1.165, 1.54) is 4.31 Å². The monoisotopic (exact) mass is 303 g/mol. The molecule has 0 saturated carbocycles. The zero-order valence-corrected chi connectivity index (χ0v) is 12.7. The highest BCUT2D eigenvalue weighted by molar-refractivity contribution is 7.89. The fourth-order valence-electron chi connectivity index (χ4n) is 2.27. The Kier molecular flexibility index (Phi) is 5.11. The third-order valence-corrected chi connectivity index (χ3v) is 5.25. The van der Waals surface area contributed by atoms with Gasteiger partial charge in [-0.2, -0.15) is 9.29 Å². The highest BCUT2D eigenvalue weighted by atomic mass is 32.2. The Bertz CT molecular complexity index is 529. The Balaban J connectivity index is 1.87. The lowest BCUT2D eigenvalue weighted by atomic mass is 10.1. The molecule has 0 spiro atoms. The van der Waals surface area contributed by atoms with Crippen LogP contribution in [0.2, 0.25) is 0 Å². The number of nitrogens with zero attached hydrogens (tertiary/aromatic N) is 3. The molecule has 1 aromatic heterocycles. The Morgan fingerprint density at radius 1 is 1.50 bits per heavy atom. The third kappa shape index (κ3) is 4.00. The minimum absolute atomic E-state index is 0.109. The molecule has 0 aromatic carbocycles. The number of aromatic nitrogens is 2. The van der Waals surface area contributed by atoms with Crippen molar-refractivity contribution in [1.82, 2.24) is 14.4 Å². The van der Waals surface area contributed by atoms with Crippen molar-refractivity contribution in [3.8, 4) is 0 Å². The van der Waals surface area contributed by atoms with Gasteiger partial charge in [0.05, 0.1) is 11.9 Å². The minimum Gasteiger partial charge on any atom is -0.367 e. The number of rotatable bonds is 6.